The summed E-state index contributed by atoms with van der Waals surface area (Å²) < 4.78 is 50.4. The lowest BCUT2D eigenvalue weighted by molar-refractivity contribution is 0.368. The maximum Gasteiger partial charge on any atom is 0.673 e. The van der Waals surface area contributed by atoms with E-state index >= 15 is 0 Å². The molecule has 35 heavy (non-hydrogen) atoms. The third kappa shape index (κ3) is 8.97. The van der Waals surface area contributed by atoms with Crippen LogP contribution in [0.25, 0.3) is 34.6 Å². The van der Waals surface area contributed by atoms with Gasteiger partial charge in [0.2, 0.25) is 0 Å². The number of hydrogen-bond acceptors (Lipinski definition) is 1. The van der Waals surface area contributed by atoms with Crippen LogP contribution in [0, 0.1) is 0 Å². The maximum atomic E-state index is 9.75. The Morgan fingerprint density at radius 3 is 1.77 bits per heavy atom. The first-order valence-corrected chi connectivity index (χ1v) is 10.8. The van der Waals surface area contributed by atoms with Gasteiger partial charge in [0.1, 0.15) is 5.75 Å². The first kappa shape index (κ1) is 25.5. The number of ether oxygens (including phenoxy) is 1. The van der Waals surface area contributed by atoms with Gasteiger partial charge in [0.05, 0.1) is 24.8 Å². The molecule has 1 aromatic heterocycles. The molecule has 7 heteroatoms. The van der Waals surface area contributed by atoms with Crippen LogP contribution in [0.15, 0.2) is 114 Å². The molecule has 178 valence electrons. The molecule has 0 amide bonds. The summed E-state index contributed by atoms with van der Waals surface area (Å²) >= 11 is 0. The summed E-state index contributed by atoms with van der Waals surface area (Å²) in [4.78, 5) is 0. The fourth-order valence-electron chi connectivity index (χ4n) is 3.18. The van der Waals surface area contributed by atoms with Crippen molar-refractivity contribution in [3.05, 3.63) is 121 Å². The van der Waals surface area contributed by atoms with E-state index in [1.807, 2.05) is 66.8 Å². The number of halogens is 4. The van der Waals surface area contributed by atoms with Crippen LogP contribution < -0.4 is 4.74 Å². The first-order valence-electron chi connectivity index (χ1n) is 10.8. The third-order valence-electron chi connectivity index (χ3n) is 4.75. The summed E-state index contributed by atoms with van der Waals surface area (Å²) in [6.07, 6.45) is 8.04. The molecule has 1 heterocycles. The monoisotopic (exact) mass is 478 g/mol. The van der Waals surface area contributed by atoms with Crippen molar-refractivity contribution >= 4 is 19.4 Å². The van der Waals surface area contributed by atoms with Crippen LogP contribution in [-0.2, 0) is 0 Å². The maximum absolute atomic E-state index is 9.75. The van der Waals surface area contributed by atoms with Crippen LogP contribution >= 0.6 is 0 Å². The molecule has 0 aliphatic rings. The Morgan fingerprint density at radius 2 is 1.20 bits per heavy atom. The molecule has 0 unspecified atom stereocenters. The Bertz CT molecular complexity index is 1190. The summed E-state index contributed by atoms with van der Waals surface area (Å²) in [7, 11) is -4.33. The Balaban J connectivity index is 0.000000623. The summed E-state index contributed by atoms with van der Waals surface area (Å²) in [5.41, 5.74) is 4.45. The average Bonchev–Trinajstić information content (AvgIpc) is 2.87. The molecule has 0 atom stereocenters. The van der Waals surface area contributed by atoms with Crippen molar-refractivity contribution in [2.24, 2.45) is 0 Å². The topological polar surface area (TPSA) is 20.5 Å². The van der Waals surface area contributed by atoms with Crippen LogP contribution in [0.5, 0.6) is 5.75 Å². The van der Waals surface area contributed by atoms with Gasteiger partial charge in [0, 0.05) is 11.6 Å². The molecule has 4 aromatic rings. The van der Waals surface area contributed by atoms with E-state index in [0.717, 1.165) is 39.5 Å². The van der Waals surface area contributed by atoms with Crippen LogP contribution in [0.2, 0.25) is 0 Å². The van der Waals surface area contributed by atoms with Crippen molar-refractivity contribution in [1.82, 2.24) is 0 Å². The van der Waals surface area contributed by atoms with E-state index in [9.17, 15) is 17.3 Å². The van der Waals surface area contributed by atoms with Gasteiger partial charge in [-0.25, -0.2) is 4.42 Å². The minimum atomic E-state index is -6.00. The average molecular weight is 478 g/mol. The van der Waals surface area contributed by atoms with Gasteiger partial charge in [0.15, 0.2) is 0 Å². The van der Waals surface area contributed by atoms with Gasteiger partial charge in [0.25, 0.3) is 0 Å². The predicted molar refractivity (Wildman–Crippen MR) is 135 cm³/mol. The second-order valence-corrected chi connectivity index (χ2v) is 7.33. The first-order chi connectivity index (χ1) is 16.8. The van der Waals surface area contributed by atoms with E-state index in [1.165, 1.54) is 0 Å². The smallest absolute Gasteiger partial charge is 0.497 e. The zero-order valence-electron chi connectivity index (χ0n) is 19.0. The molecule has 0 saturated carbocycles. The van der Waals surface area contributed by atoms with Crippen LogP contribution in [0.1, 0.15) is 11.3 Å². The number of allylic oxidation sites excluding steroid dienone is 2. The van der Waals surface area contributed by atoms with Gasteiger partial charge >= 0.3 is 18.8 Å². The van der Waals surface area contributed by atoms with E-state index in [2.05, 4.69) is 54.6 Å². The van der Waals surface area contributed by atoms with Crippen molar-refractivity contribution < 1.29 is 26.4 Å². The highest BCUT2D eigenvalue weighted by molar-refractivity contribution is 6.50. The van der Waals surface area contributed by atoms with Gasteiger partial charge in [-0.15, -0.1) is 0 Å². The minimum absolute atomic E-state index is 0.801. The molecule has 0 radical (unpaired) electrons. The zero-order chi connectivity index (χ0) is 25.1. The Kier molecular flexibility index (Phi) is 9.01. The third-order valence-corrected chi connectivity index (χ3v) is 4.75. The molecule has 0 fully saturated rings. The second kappa shape index (κ2) is 12.4. The quantitative estimate of drug-likeness (QED) is 0.119. The molecule has 0 bridgehead atoms. The lowest BCUT2D eigenvalue weighted by Crippen LogP contribution is -2.02. The van der Waals surface area contributed by atoms with Gasteiger partial charge in [-0.3, -0.25) is 0 Å². The number of hydrogen-bond donors (Lipinski definition) is 0. The van der Waals surface area contributed by atoms with Crippen molar-refractivity contribution in [2.75, 3.05) is 7.11 Å². The SMILES string of the molecule is COc1ccc(/C=C/C=C/c2cc(-c3ccccc3)cc(-c3ccccc3)[o+]2)cc1.F[B-](F)(F)F. The molecule has 0 spiro atoms. The fourth-order valence-corrected chi connectivity index (χ4v) is 3.18. The van der Waals surface area contributed by atoms with Crippen LogP contribution in [0.3, 0.4) is 0 Å². The summed E-state index contributed by atoms with van der Waals surface area (Å²) in [5, 5.41) is 0. The largest absolute Gasteiger partial charge is 0.673 e. The molecule has 0 aliphatic carbocycles. The van der Waals surface area contributed by atoms with Gasteiger partial charge in [-0.1, -0.05) is 78.9 Å². The van der Waals surface area contributed by atoms with Gasteiger partial charge in [-0.05, 0) is 35.4 Å². The van der Waals surface area contributed by atoms with E-state index in [-0.39, 0.29) is 0 Å². The van der Waals surface area contributed by atoms with E-state index in [1.54, 1.807) is 7.11 Å². The van der Waals surface area contributed by atoms with Crippen molar-refractivity contribution in [1.29, 1.82) is 0 Å². The fraction of sp³-hybridized carbons (Fsp3) is 0.0357. The Hall–Kier alpha value is -4.13. The van der Waals surface area contributed by atoms with E-state index in [4.69, 9.17) is 9.15 Å². The van der Waals surface area contributed by atoms with Crippen molar-refractivity contribution in [2.45, 2.75) is 0 Å². The lowest BCUT2D eigenvalue weighted by atomic mass is 10.0. The number of benzene rings is 3. The number of rotatable bonds is 6. The standard InChI is InChI=1S/C28H23O2.BF4/c1-29-26-18-16-22(17-19-26)10-8-9-15-27-20-25(23-11-4-2-5-12-23)21-28(30-27)24-13-6-3-7-14-24;2-1(3,4)5/h2-21H,1H3;/q+1;-1/b10-8+,15-9+;. The van der Waals surface area contributed by atoms with Crippen molar-refractivity contribution in [3.8, 4) is 28.2 Å². The zero-order valence-corrected chi connectivity index (χ0v) is 19.0. The molecule has 3 aromatic carbocycles. The summed E-state index contributed by atoms with van der Waals surface area (Å²) in [5.74, 6) is 2.50. The highest BCUT2D eigenvalue weighted by Gasteiger charge is 2.20. The second-order valence-electron chi connectivity index (χ2n) is 7.33. The molecular weight excluding hydrogens is 455 g/mol. The molecule has 0 N–H and O–H groups in total. The van der Waals surface area contributed by atoms with E-state index in [0.29, 0.717) is 0 Å². The van der Waals surface area contributed by atoms with Crippen LogP contribution in [-0.4, -0.2) is 14.4 Å². The molecule has 0 aliphatic heterocycles. The van der Waals surface area contributed by atoms with E-state index < -0.39 is 7.25 Å². The minimum Gasteiger partial charge on any atom is -0.497 e. The highest BCUT2D eigenvalue weighted by Crippen LogP contribution is 2.29. The lowest BCUT2D eigenvalue weighted by Gasteiger charge is -2.00. The van der Waals surface area contributed by atoms with Gasteiger partial charge < -0.3 is 22.0 Å². The predicted octanol–water partition coefficient (Wildman–Crippen LogP) is 8.93. The summed E-state index contributed by atoms with van der Waals surface area (Å²) in [6, 6.07) is 32.6. The highest BCUT2D eigenvalue weighted by atomic mass is 19.5. The Morgan fingerprint density at radius 1 is 0.657 bits per heavy atom. The van der Waals surface area contributed by atoms with Crippen LogP contribution in [0.4, 0.5) is 17.3 Å². The molecule has 0 saturated heterocycles. The summed E-state index contributed by atoms with van der Waals surface area (Å²) in [6.45, 7) is 0. The Labute approximate surface area is 201 Å². The molecule has 2 nitrogen and oxygen atoms in total. The number of methoxy groups -OCH3 is 1. The molecule has 4 rings (SSSR count). The molecular formula is C28H23BF4O2. The normalized spacial score (nSPS) is 11.3. The van der Waals surface area contributed by atoms with Gasteiger partial charge in [-0.2, -0.15) is 0 Å². The van der Waals surface area contributed by atoms with Crippen molar-refractivity contribution in [3.63, 3.8) is 0 Å².